The second-order valence-corrected chi connectivity index (χ2v) is 4.34. The zero-order valence-corrected chi connectivity index (χ0v) is 10.5. The molecule has 2 atom stereocenters. The number of hydrogen-bond acceptors (Lipinski definition) is 1. The Balaban J connectivity index is 2.71. The highest BCUT2D eigenvalue weighted by Gasteiger charge is 2.14. The molecular formula is C14H22FN. The first-order valence-electron chi connectivity index (χ1n) is 6.19. The van der Waals surface area contributed by atoms with Gasteiger partial charge in [-0.15, -0.1) is 0 Å². The van der Waals surface area contributed by atoms with Crippen LogP contribution in [0.4, 0.5) is 4.39 Å². The van der Waals surface area contributed by atoms with E-state index in [9.17, 15) is 4.39 Å². The standard InChI is InChI=1S/C14H22FN/c1-4-8-11(3)16-14(5-2)12-9-6-7-10-13(12)15/h6-7,9-11,14,16H,4-5,8H2,1-3H3. The molecule has 0 radical (unpaired) electrons. The number of benzene rings is 1. The molecular weight excluding hydrogens is 201 g/mol. The van der Waals surface area contributed by atoms with Gasteiger partial charge in [0, 0.05) is 17.6 Å². The van der Waals surface area contributed by atoms with Gasteiger partial charge in [-0.1, -0.05) is 38.5 Å². The van der Waals surface area contributed by atoms with Gasteiger partial charge < -0.3 is 5.32 Å². The van der Waals surface area contributed by atoms with E-state index in [-0.39, 0.29) is 11.9 Å². The summed E-state index contributed by atoms with van der Waals surface area (Å²) in [5, 5.41) is 3.48. The molecule has 0 saturated carbocycles. The van der Waals surface area contributed by atoms with Crippen molar-refractivity contribution in [2.24, 2.45) is 0 Å². The van der Waals surface area contributed by atoms with Crippen molar-refractivity contribution in [2.45, 2.75) is 52.1 Å². The Bertz CT molecular complexity index is 311. The van der Waals surface area contributed by atoms with E-state index < -0.39 is 0 Å². The summed E-state index contributed by atoms with van der Waals surface area (Å²) in [6, 6.07) is 7.60. The second-order valence-electron chi connectivity index (χ2n) is 4.34. The van der Waals surface area contributed by atoms with Gasteiger partial charge in [0.15, 0.2) is 0 Å². The van der Waals surface area contributed by atoms with Gasteiger partial charge in [0.1, 0.15) is 5.82 Å². The van der Waals surface area contributed by atoms with E-state index in [0.29, 0.717) is 6.04 Å². The maximum Gasteiger partial charge on any atom is 0.127 e. The maximum absolute atomic E-state index is 13.6. The second kappa shape index (κ2) is 6.64. The Morgan fingerprint density at radius 1 is 1.25 bits per heavy atom. The summed E-state index contributed by atoms with van der Waals surface area (Å²) < 4.78 is 13.6. The lowest BCUT2D eigenvalue weighted by molar-refractivity contribution is 0.413. The average molecular weight is 223 g/mol. The molecule has 0 aromatic heterocycles. The molecule has 1 aromatic carbocycles. The highest BCUT2D eigenvalue weighted by Crippen LogP contribution is 2.20. The van der Waals surface area contributed by atoms with Gasteiger partial charge in [-0.2, -0.15) is 0 Å². The van der Waals surface area contributed by atoms with Crippen LogP contribution in [0, 0.1) is 5.82 Å². The predicted octanol–water partition coefficient (Wildman–Crippen LogP) is 4.06. The fraction of sp³-hybridized carbons (Fsp3) is 0.571. The van der Waals surface area contributed by atoms with Crippen LogP contribution in [0.25, 0.3) is 0 Å². The molecule has 0 amide bonds. The van der Waals surface area contributed by atoms with Gasteiger partial charge >= 0.3 is 0 Å². The molecule has 0 aliphatic carbocycles. The van der Waals surface area contributed by atoms with Crippen LogP contribution in [0.3, 0.4) is 0 Å². The summed E-state index contributed by atoms with van der Waals surface area (Å²) in [6.07, 6.45) is 3.20. The zero-order chi connectivity index (χ0) is 12.0. The van der Waals surface area contributed by atoms with Crippen LogP contribution in [0.2, 0.25) is 0 Å². The Hall–Kier alpha value is -0.890. The van der Waals surface area contributed by atoms with E-state index in [4.69, 9.17) is 0 Å². The van der Waals surface area contributed by atoms with Crippen molar-refractivity contribution >= 4 is 0 Å². The molecule has 0 aliphatic heterocycles. The Morgan fingerprint density at radius 2 is 1.94 bits per heavy atom. The maximum atomic E-state index is 13.6. The molecule has 0 fully saturated rings. The molecule has 0 bridgehead atoms. The quantitative estimate of drug-likeness (QED) is 0.767. The fourth-order valence-electron chi connectivity index (χ4n) is 2.05. The van der Waals surface area contributed by atoms with Crippen molar-refractivity contribution in [1.82, 2.24) is 5.32 Å². The smallest absolute Gasteiger partial charge is 0.127 e. The predicted molar refractivity (Wildman–Crippen MR) is 66.9 cm³/mol. The van der Waals surface area contributed by atoms with E-state index >= 15 is 0 Å². The number of hydrogen-bond donors (Lipinski definition) is 1. The van der Waals surface area contributed by atoms with Gasteiger partial charge in [0.05, 0.1) is 0 Å². The minimum atomic E-state index is -0.106. The van der Waals surface area contributed by atoms with E-state index in [1.807, 2.05) is 12.1 Å². The monoisotopic (exact) mass is 223 g/mol. The third kappa shape index (κ3) is 3.60. The van der Waals surface area contributed by atoms with Crippen LogP contribution < -0.4 is 5.32 Å². The van der Waals surface area contributed by atoms with E-state index in [1.54, 1.807) is 6.07 Å². The Labute approximate surface area is 98.1 Å². The third-order valence-electron chi connectivity index (χ3n) is 2.90. The fourth-order valence-corrected chi connectivity index (χ4v) is 2.05. The molecule has 90 valence electrons. The van der Waals surface area contributed by atoms with Gasteiger partial charge in [0.25, 0.3) is 0 Å². The summed E-state index contributed by atoms with van der Waals surface area (Å²) in [6.45, 7) is 6.41. The van der Waals surface area contributed by atoms with Crippen molar-refractivity contribution < 1.29 is 4.39 Å². The van der Waals surface area contributed by atoms with E-state index in [1.165, 1.54) is 6.07 Å². The minimum absolute atomic E-state index is 0.106. The molecule has 2 unspecified atom stereocenters. The van der Waals surface area contributed by atoms with Crippen LogP contribution >= 0.6 is 0 Å². The SMILES string of the molecule is CCCC(C)NC(CC)c1ccccc1F. The van der Waals surface area contributed by atoms with Crippen LogP contribution in [0.5, 0.6) is 0 Å². The first kappa shape index (κ1) is 13.2. The Morgan fingerprint density at radius 3 is 2.50 bits per heavy atom. The molecule has 1 nitrogen and oxygen atoms in total. The van der Waals surface area contributed by atoms with Crippen LogP contribution in [-0.4, -0.2) is 6.04 Å². The highest BCUT2D eigenvalue weighted by molar-refractivity contribution is 5.21. The summed E-state index contributed by atoms with van der Waals surface area (Å²) in [4.78, 5) is 0. The Kier molecular flexibility index (Phi) is 5.47. The van der Waals surface area contributed by atoms with Crippen molar-refractivity contribution in [3.05, 3.63) is 35.6 Å². The van der Waals surface area contributed by atoms with Gasteiger partial charge in [0.2, 0.25) is 0 Å². The van der Waals surface area contributed by atoms with Crippen LogP contribution in [0.15, 0.2) is 24.3 Å². The number of nitrogens with one attached hydrogen (secondary N) is 1. The normalized spacial score (nSPS) is 14.8. The molecule has 2 heteroatoms. The van der Waals surface area contributed by atoms with Crippen LogP contribution in [-0.2, 0) is 0 Å². The first-order valence-corrected chi connectivity index (χ1v) is 6.19. The molecule has 0 aliphatic rings. The molecule has 0 spiro atoms. The molecule has 1 aromatic rings. The first-order chi connectivity index (χ1) is 7.69. The molecule has 0 heterocycles. The van der Waals surface area contributed by atoms with Gasteiger partial charge in [-0.25, -0.2) is 4.39 Å². The molecule has 0 saturated heterocycles. The van der Waals surface area contributed by atoms with Crippen molar-refractivity contribution in [2.75, 3.05) is 0 Å². The third-order valence-corrected chi connectivity index (χ3v) is 2.90. The van der Waals surface area contributed by atoms with E-state index in [0.717, 1.165) is 24.8 Å². The van der Waals surface area contributed by atoms with Crippen LogP contribution in [0.1, 0.15) is 51.6 Å². The summed E-state index contributed by atoms with van der Waals surface area (Å²) in [7, 11) is 0. The largest absolute Gasteiger partial charge is 0.307 e. The lowest BCUT2D eigenvalue weighted by Gasteiger charge is -2.22. The van der Waals surface area contributed by atoms with Crippen molar-refractivity contribution in [1.29, 1.82) is 0 Å². The number of rotatable bonds is 6. The van der Waals surface area contributed by atoms with Gasteiger partial charge in [-0.3, -0.25) is 0 Å². The van der Waals surface area contributed by atoms with Crippen molar-refractivity contribution in [3.8, 4) is 0 Å². The summed E-state index contributed by atoms with van der Waals surface area (Å²) >= 11 is 0. The molecule has 1 rings (SSSR count). The molecule has 1 N–H and O–H groups in total. The topological polar surface area (TPSA) is 12.0 Å². The lowest BCUT2D eigenvalue weighted by atomic mass is 10.0. The minimum Gasteiger partial charge on any atom is -0.307 e. The van der Waals surface area contributed by atoms with E-state index in [2.05, 4.69) is 26.1 Å². The molecule has 16 heavy (non-hydrogen) atoms. The number of halogens is 1. The zero-order valence-electron chi connectivity index (χ0n) is 10.5. The van der Waals surface area contributed by atoms with Gasteiger partial charge in [-0.05, 0) is 25.8 Å². The highest BCUT2D eigenvalue weighted by atomic mass is 19.1. The lowest BCUT2D eigenvalue weighted by Crippen LogP contribution is -2.30. The summed E-state index contributed by atoms with van der Waals surface area (Å²) in [5.74, 6) is -0.106. The average Bonchev–Trinajstić information content (AvgIpc) is 2.27. The van der Waals surface area contributed by atoms with Crippen molar-refractivity contribution in [3.63, 3.8) is 0 Å². The summed E-state index contributed by atoms with van der Waals surface area (Å²) in [5.41, 5.74) is 0.785.